The predicted octanol–water partition coefficient (Wildman–Crippen LogP) is 3.58. The smallest absolute Gasteiger partial charge is 0.158 e. The molecule has 0 unspecified atom stereocenters. The van der Waals surface area contributed by atoms with Crippen LogP contribution in [0.3, 0.4) is 0 Å². The topological polar surface area (TPSA) is 60.2 Å². The molecular formula is C19H21N3O2. The van der Waals surface area contributed by atoms with Crippen molar-refractivity contribution in [2.45, 2.75) is 37.8 Å². The molecule has 5 nitrogen and oxygen atoms in total. The quantitative estimate of drug-likeness (QED) is 0.800. The van der Waals surface area contributed by atoms with Gasteiger partial charge in [-0.05, 0) is 37.8 Å². The van der Waals surface area contributed by atoms with Gasteiger partial charge in [-0.2, -0.15) is 0 Å². The number of ether oxygens (including phenoxy) is 1. The fourth-order valence-electron chi connectivity index (χ4n) is 3.61. The number of hydrogen-bond acceptors (Lipinski definition) is 4. The lowest BCUT2D eigenvalue weighted by Gasteiger charge is -2.28. The Labute approximate surface area is 140 Å². The van der Waals surface area contributed by atoms with Crippen LogP contribution in [0, 0.1) is 0 Å². The van der Waals surface area contributed by atoms with Crippen molar-refractivity contribution in [3.8, 4) is 17.3 Å². The van der Waals surface area contributed by atoms with Crippen LogP contribution < -0.4 is 4.74 Å². The molecule has 124 valence electrons. The number of pyridine rings is 1. The van der Waals surface area contributed by atoms with E-state index >= 15 is 0 Å². The molecule has 1 fully saturated rings. The normalized spacial score (nSPS) is 21.1. The summed E-state index contributed by atoms with van der Waals surface area (Å²) in [5, 5.41) is 11.0. The first-order chi connectivity index (χ1) is 11.8. The Morgan fingerprint density at radius 2 is 2.12 bits per heavy atom. The zero-order valence-corrected chi connectivity index (χ0v) is 13.7. The van der Waals surface area contributed by atoms with Gasteiger partial charge >= 0.3 is 0 Å². The Bertz CT molecular complexity index is 859. The minimum absolute atomic E-state index is 0.219. The summed E-state index contributed by atoms with van der Waals surface area (Å²) >= 11 is 0. The zero-order chi connectivity index (χ0) is 16.5. The number of methoxy groups -OCH3 is 1. The van der Waals surface area contributed by atoms with Gasteiger partial charge in [0.05, 0.1) is 13.2 Å². The van der Waals surface area contributed by atoms with Gasteiger partial charge in [-0.15, -0.1) is 0 Å². The second-order valence-electron chi connectivity index (χ2n) is 6.36. The molecule has 0 aliphatic heterocycles. The fraction of sp³-hybridized carbons (Fsp3) is 0.368. The summed E-state index contributed by atoms with van der Waals surface area (Å²) in [5.74, 6) is 1.61. The van der Waals surface area contributed by atoms with Crippen LogP contribution in [0.4, 0.5) is 0 Å². The maximum absolute atomic E-state index is 9.98. The number of nitrogens with zero attached hydrogens (tertiary/aromatic N) is 3. The number of hydrogen-bond donors (Lipinski definition) is 1. The number of imidazole rings is 1. The number of rotatable bonds is 3. The second-order valence-corrected chi connectivity index (χ2v) is 6.36. The first-order valence-corrected chi connectivity index (χ1v) is 8.41. The van der Waals surface area contributed by atoms with Crippen LogP contribution in [0.15, 0.2) is 42.7 Å². The van der Waals surface area contributed by atoms with Crippen LogP contribution in [-0.4, -0.2) is 32.9 Å². The highest BCUT2D eigenvalue weighted by atomic mass is 16.5. The highest BCUT2D eigenvalue weighted by molar-refractivity contribution is 5.86. The fourth-order valence-corrected chi connectivity index (χ4v) is 3.61. The Morgan fingerprint density at radius 3 is 2.96 bits per heavy atom. The van der Waals surface area contributed by atoms with E-state index in [0.29, 0.717) is 0 Å². The van der Waals surface area contributed by atoms with Crippen LogP contribution in [0.1, 0.15) is 31.7 Å². The van der Waals surface area contributed by atoms with Crippen molar-refractivity contribution in [2.24, 2.45) is 0 Å². The molecule has 1 saturated carbocycles. The van der Waals surface area contributed by atoms with Crippen molar-refractivity contribution in [3.63, 3.8) is 0 Å². The SMILES string of the molecule is COc1cccc2ccc(-c3nccn3[C@@H]3CCC[C@H](O)C3)nc12. The van der Waals surface area contributed by atoms with E-state index < -0.39 is 0 Å². The maximum Gasteiger partial charge on any atom is 0.158 e. The van der Waals surface area contributed by atoms with Crippen LogP contribution in [-0.2, 0) is 0 Å². The molecule has 0 spiro atoms. The van der Waals surface area contributed by atoms with E-state index in [1.807, 2.05) is 36.7 Å². The average Bonchev–Trinajstić information content (AvgIpc) is 3.10. The van der Waals surface area contributed by atoms with Crippen LogP contribution >= 0.6 is 0 Å². The van der Waals surface area contributed by atoms with Crippen molar-refractivity contribution in [3.05, 3.63) is 42.7 Å². The summed E-state index contributed by atoms with van der Waals surface area (Å²) in [6, 6.07) is 10.2. The van der Waals surface area contributed by atoms with Gasteiger partial charge in [0.15, 0.2) is 5.82 Å². The Kier molecular flexibility index (Phi) is 3.94. The molecule has 0 radical (unpaired) electrons. The maximum atomic E-state index is 9.98. The van der Waals surface area contributed by atoms with Crippen molar-refractivity contribution in [1.29, 1.82) is 0 Å². The summed E-state index contributed by atoms with van der Waals surface area (Å²) in [6.45, 7) is 0. The number of para-hydroxylation sites is 1. The molecule has 2 aromatic heterocycles. The van der Waals surface area contributed by atoms with E-state index in [0.717, 1.165) is 53.9 Å². The minimum Gasteiger partial charge on any atom is -0.494 e. The van der Waals surface area contributed by atoms with E-state index in [4.69, 9.17) is 9.72 Å². The van der Waals surface area contributed by atoms with Gasteiger partial charge in [0.2, 0.25) is 0 Å². The lowest BCUT2D eigenvalue weighted by atomic mass is 9.93. The standard InChI is InChI=1S/C19H21N3O2/c1-24-17-7-2-4-13-8-9-16(21-18(13)17)19-20-10-11-22(19)14-5-3-6-15(23)12-14/h2,4,7-11,14-15,23H,3,5-6,12H2,1H3/t14-,15+/m1/s1. The molecule has 1 aliphatic rings. The van der Waals surface area contributed by atoms with Gasteiger partial charge in [0, 0.05) is 23.8 Å². The molecule has 5 heteroatoms. The first-order valence-electron chi connectivity index (χ1n) is 8.41. The van der Waals surface area contributed by atoms with Crippen molar-refractivity contribution < 1.29 is 9.84 Å². The Hall–Kier alpha value is -2.40. The molecule has 0 saturated heterocycles. The molecule has 0 bridgehead atoms. The molecule has 1 aliphatic carbocycles. The van der Waals surface area contributed by atoms with E-state index in [1.54, 1.807) is 7.11 Å². The summed E-state index contributed by atoms with van der Waals surface area (Å²) < 4.78 is 7.60. The molecule has 2 heterocycles. The molecule has 1 N–H and O–H groups in total. The summed E-state index contributed by atoms with van der Waals surface area (Å²) in [7, 11) is 1.66. The number of benzene rings is 1. The van der Waals surface area contributed by atoms with Gasteiger partial charge in [0.25, 0.3) is 0 Å². The zero-order valence-electron chi connectivity index (χ0n) is 13.7. The van der Waals surface area contributed by atoms with E-state index in [9.17, 15) is 5.11 Å². The molecule has 3 aromatic rings. The first kappa shape index (κ1) is 15.1. The Morgan fingerprint density at radius 1 is 1.21 bits per heavy atom. The number of fused-ring (bicyclic) bond motifs is 1. The predicted molar refractivity (Wildman–Crippen MR) is 93.0 cm³/mol. The van der Waals surface area contributed by atoms with E-state index in [2.05, 4.69) is 15.6 Å². The van der Waals surface area contributed by atoms with E-state index in [-0.39, 0.29) is 12.1 Å². The Balaban J connectivity index is 1.77. The van der Waals surface area contributed by atoms with Crippen molar-refractivity contribution in [1.82, 2.24) is 14.5 Å². The molecule has 24 heavy (non-hydrogen) atoms. The summed E-state index contributed by atoms with van der Waals surface area (Å²) in [6.07, 6.45) is 7.37. The van der Waals surface area contributed by atoms with Crippen molar-refractivity contribution in [2.75, 3.05) is 7.11 Å². The molecule has 4 rings (SSSR count). The number of aromatic nitrogens is 3. The van der Waals surface area contributed by atoms with Crippen molar-refractivity contribution >= 4 is 10.9 Å². The third-order valence-corrected chi connectivity index (χ3v) is 4.81. The van der Waals surface area contributed by atoms with Crippen LogP contribution in [0.2, 0.25) is 0 Å². The molecule has 2 atom stereocenters. The van der Waals surface area contributed by atoms with Gasteiger partial charge in [-0.3, -0.25) is 0 Å². The van der Waals surface area contributed by atoms with Crippen LogP contribution in [0.5, 0.6) is 5.75 Å². The third-order valence-electron chi connectivity index (χ3n) is 4.81. The summed E-state index contributed by atoms with van der Waals surface area (Å²) in [5.41, 5.74) is 1.67. The number of aliphatic hydroxyl groups is 1. The van der Waals surface area contributed by atoms with E-state index in [1.165, 1.54) is 0 Å². The van der Waals surface area contributed by atoms with Gasteiger partial charge in [-0.1, -0.05) is 18.2 Å². The number of aliphatic hydroxyl groups excluding tert-OH is 1. The summed E-state index contributed by atoms with van der Waals surface area (Å²) in [4.78, 5) is 9.32. The largest absolute Gasteiger partial charge is 0.494 e. The molecular weight excluding hydrogens is 302 g/mol. The molecule has 1 aromatic carbocycles. The van der Waals surface area contributed by atoms with Gasteiger partial charge < -0.3 is 14.4 Å². The lowest BCUT2D eigenvalue weighted by Crippen LogP contribution is -2.22. The second kappa shape index (κ2) is 6.24. The van der Waals surface area contributed by atoms with Gasteiger partial charge in [-0.25, -0.2) is 9.97 Å². The highest BCUT2D eigenvalue weighted by Crippen LogP contribution is 2.33. The molecule has 0 amide bonds. The average molecular weight is 323 g/mol. The monoisotopic (exact) mass is 323 g/mol. The lowest BCUT2D eigenvalue weighted by molar-refractivity contribution is 0.104. The highest BCUT2D eigenvalue weighted by Gasteiger charge is 2.24. The third kappa shape index (κ3) is 2.65. The minimum atomic E-state index is -0.219. The van der Waals surface area contributed by atoms with Crippen LogP contribution in [0.25, 0.3) is 22.4 Å². The van der Waals surface area contributed by atoms with Gasteiger partial charge in [0.1, 0.15) is 17.0 Å².